The Morgan fingerprint density at radius 2 is 2.10 bits per heavy atom. The number of hydrogen-bond donors (Lipinski definition) is 1. The number of aryl methyl sites for hydroxylation is 1. The van der Waals surface area contributed by atoms with E-state index in [4.69, 9.17) is 4.74 Å². The molecule has 0 spiro atoms. The van der Waals surface area contributed by atoms with Crippen molar-refractivity contribution in [1.29, 1.82) is 0 Å². The normalized spacial score (nSPS) is 13.4. The molecule has 21 heavy (non-hydrogen) atoms. The fraction of sp³-hybridized carbons (Fsp3) is 0.312. The fourth-order valence-corrected chi connectivity index (χ4v) is 2.61. The Morgan fingerprint density at radius 3 is 2.95 bits per heavy atom. The molecule has 1 amide bonds. The predicted molar refractivity (Wildman–Crippen MR) is 79.6 cm³/mol. The first-order valence-electron chi connectivity index (χ1n) is 7.06. The second-order valence-corrected chi connectivity index (χ2v) is 5.04. The van der Waals surface area contributed by atoms with E-state index in [2.05, 4.69) is 15.3 Å². The lowest BCUT2D eigenvalue weighted by molar-refractivity contribution is 0.102. The van der Waals surface area contributed by atoms with Crippen LogP contribution in [0.1, 0.15) is 34.6 Å². The van der Waals surface area contributed by atoms with Crippen LogP contribution < -0.4 is 10.1 Å². The molecule has 1 heterocycles. The number of methoxy groups -OCH3 is 1. The van der Waals surface area contributed by atoms with E-state index in [1.807, 2.05) is 18.2 Å². The van der Waals surface area contributed by atoms with Crippen LogP contribution in [0.2, 0.25) is 0 Å². The third-order valence-electron chi connectivity index (χ3n) is 3.67. The van der Waals surface area contributed by atoms with Crippen LogP contribution in [-0.4, -0.2) is 23.0 Å². The van der Waals surface area contributed by atoms with E-state index < -0.39 is 0 Å². The quantitative estimate of drug-likeness (QED) is 0.940. The first-order valence-corrected chi connectivity index (χ1v) is 7.06. The molecule has 1 aromatic heterocycles. The van der Waals surface area contributed by atoms with Crippen LogP contribution in [-0.2, 0) is 12.8 Å². The number of anilines is 1. The summed E-state index contributed by atoms with van der Waals surface area (Å²) in [5.74, 6) is 0.515. The second-order valence-electron chi connectivity index (χ2n) is 5.04. The zero-order valence-corrected chi connectivity index (χ0v) is 11.9. The topological polar surface area (TPSA) is 64.1 Å². The molecule has 0 bridgehead atoms. The third kappa shape index (κ3) is 2.86. The number of nitrogens with one attached hydrogen (secondary N) is 1. The first-order chi connectivity index (χ1) is 10.3. The van der Waals surface area contributed by atoms with Crippen LogP contribution in [0.3, 0.4) is 0 Å². The van der Waals surface area contributed by atoms with Crippen LogP contribution in [0.5, 0.6) is 5.75 Å². The van der Waals surface area contributed by atoms with Gasteiger partial charge in [0.15, 0.2) is 0 Å². The highest BCUT2D eigenvalue weighted by atomic mass is 16.5. The summed E-state index contributed by atoms with van der Waals surface area (Å²) in [5.41, 5.74) is 3.18. The van der Waals surface area contributed by atoms with Crippen molar-refractivity contribution in [2.24, 2.45) is 0 Å². The SMILES string of the molecule is COc1cccc(NC(=O)c2ncnc3c2CCCC3)c1. The molecule has 0 radical (unpaired) electrons. The van der Waals surface area contributed by atoms with Crippen LogP contribution in [0.15, 0.2) is 30.6 Å². The van der Waals surface area contributed by atoms with Gasteiger partial charge in [0.1, 0.15) is 17.8 Å². The number of aromatic nitrogens is 2. The third-order valence-corrected chi connectivity index (χ3v) is 3.67. The van der Waals surface area contributed by atoms with Gasteiger partial charge in [-0.25, -0.2) is 9.97 Å². The summed E-state index contributed by atoms with van der Waals surface area (Å²) in [6, 6.07) is 7.28. The molecular weight excluding hydrogens is 266 g/mol. The Hall–Kier alpha value is -2.43. The molecule has 1 aromatic carbocycles. The van der Waals surface area contributed by atoms with Gasteiger partial charge in [-0.2, -0.15) is 0 Å². The van der Waals surface area contributed by atoms with E-state index in [0.717, 1.165) is 36.9 Å². The first kappa shape index (κ1) is 13.5. The molecule has 0 saturated carbocycles. The molecule has 1 aliphatic carbocycles. The van der Waals surface area contributed by atoms with Gasteiger partial charge in [-0.05, 0) is 37.8 Å². The van der Waals surface area contributed by atoms with Crippen molar-refractivity contribution < 1.29 is 9.53 Å². The summed E-state index contributed by atoms with van der Waals surface area (Å²) in [5, 5.41) is 2.87. The maximum atomic E-state index is 12.4. The van der Waals surface area contributed by atoms with Gasteiger partial charge in [0, 0.05) is 23.0 Å². The van der Waals surface area contributed by atoms with Crippen molar-refractivity contribution >= 4 is 11.6 Å². The Kier molecular flexibility index (Phi) is 3.81. The highest BCUT2D eigenvalue weighted by Crippen LogP contribution is 2.23. The number of nitrogens with zero attached hydrogens (tertiary/aromatic N) is 2. The lowest BCUT2D eigenvalue weighted by atomic mass is 9.94. The van der Waals surface area contributed by atoms with Crippen LogP contribution in [0.4, 0.5) is 5.69 Å². The van der Waals surface area contributed by atoms with Gasteiger partial charge in [-0.15, -0.1) is 0 Å². The Morgan fingerprint density at radius 1 is 1.24 bits per heavy atom. The molecule has 0 fully saturated rings. The minimum Gasteiger partial charge on any atom is -0.497 e. The van der Waals surface area contributed by atoms with Gasteiger partial charge in [-0.3, -0.25) is 4.79 Å². The zero-order valence-electron chi connectivity index (χ0n) is 11.9. The molecule has 108 valence electrons. The second kappa shape index (κ2) is 5.91. The van der Waals surface area contributed by atoms with E-state index in [0.29, 0.717) is 17.1 Å². The number of benzene rings is 1. The van der Waals surface area contributed by atoms with E-state index in [1.54, 1.807) is 13.2 Å². The number of ether oxygens (including phenoxy) is 1. The monoisotopic (exact) mass is 283 g/mol. The highest BCUT2D eigenvalue weighted by molar-refractivity contribution is 6.04. The standard InChI is InChI=1S/C16H17N3O2/c1-21-12-6-4-5-11(9-12)19-16(20)15-13-7-2-3-8-14(13)17-10-18-15/h4-6,9-10H,2-3,7-8H2,1H3,(H,19,20). The average Bonchev–Trinajstić information content (AvgIpc) is 2.54. The van der Waals surface area contributed by atoms with Crippen LogP contribution in [0.25, 0.3) is 0 Å². The fourth-order valence-electron chi connectivity index (χ4n) is 2.61. The minimum atomic E-state index is -0.191. The van der Waals surface area contributed by atoms with Gasteiger partial charge >= 0.3 is 0 Å². The van der Waals surface area contributed by atoms with Crippen molar-refractivity contribution in [3.05, 3.63) is 47.5 Å². The number of amides is 1. The molecule has 1 aliphatic rings. The molecule has 5 nitrogen and oxygen atoms in total. The maximum Gasteiger partial charge on any atom is 0.274 e. The van der Waals surface area contributed by atoms with Crippen molar-refractivity contribution in [2.75, 3.05) is 12.4 Å². The smallest absolute Gasteiger partial charge is 0.274 e. The number of fused-ring (bicyclic) bond motifs is 1. The Labute approximate surface area is 123 Å². The summed E-state index contributed by atoms with van der Waals surface area (Å²) in [7, 11) is 1.60. The van der Waals surface area contributed by atoms with Crippen molar-refractivity contribution in [3.63, 3.8) is 0 Å². The summed E-state index contributed by atoms with van der Waals surface area (Å²) in [6.45, 7) is 0. The molecule has 0 aliphatic heterocycles. The van der Waals surface area contributed by atoms with Crippen molar-refractivity contribution in [3.8, 4) is 5.75 Å². The zero-order chi connectivity index (χ0) is 14.7. The highest BCUT2D eigenvalue weighted by Gasteiger charge is 2.20. The van der Waals surface area contributed by atoms with Gasteiger partial charge < -0.3 is 10.1 Å². The van der Waals surface area contributed by atoms with E-state index in [-0.39, 0.29) is 5.91 Å². The van der Waals surface area contributed by atoms with Gasteiger partial charge in [0.05, 0.1) is 7.11 Å². The molecular formula is C16H17N3O2. The molecule has 5 heteroatoms. The van der Waals surface area contributed by atoms with Gasteiger partial charge in [0.2, 0.25) is 0 Å². The summed E-state index contributed by atoms with van der Waals surface area (Å²) >= 11 is 0. The summed E-state index contributed by atoms with van der Waals surface area (Å²) < 4.78 is 5.16. The van der Waals surface area contributed by atoms with E-state index >= 15 is 0 Å². The van der Waals surface area contributed by atoms with Crippen LogP contribution in [0, 0.1) is 0 Å². The molecule has 1 N–H and O–H groups in total. The van der Waals surface area contributed by atoms with Crippen molar-refractivity contribution in [2.45, 2.75) is 25.7 Å². The predicted octanol–water partition coefficient (Wildman–Crippen LogP) is 2.62. The molecule has 0 unspecified atom stereocenters. The molecule has 2 aromatic rings. The number of rotatable bonds is 3. The van der Waals surface area contributed by atoms with Crippen LogP contribution >= 0.6 is 0 Å². The maximum absolute atomic E-state index is 12.4. The lowest BCUT2D eigenvalue weighted by Crippen LogP contribution is -2.20. The number of carbonyl (C=O) groups excluding carboxylic acids is 1. The average molecular weight is 283 g/mol. The molecule has 0 atom stereocenters. The summed E-state index contributed by atoms with van der Waals surface area (Å²) in [6.07, 6.45) is 5.49. The number of hydrogen-bond acceptors (Lipinski definition) is 4. The number of carbonyl (C=O) groups is 1. The van der Waals surface area contributed by atoms with Gasteiger partial charge in [-0.1, -0.05) is 6.07 Å². The largest absolute Gasteiger partial charge is 0.497 e. The summed E-state index contributed by atoms with van der Waals surface area (Å²) in [4.78, 5) is 20.9. The Balaban J connectivity index is 1.85. The van der Waals surface area contributed by atoms with E-state index in [9.17, 15) is 4.79 Å². The molecule has 0 saturated heterocycles. The van der Waals surface area contributed by atoms with Gasteiger partial charge in [0.25, 0.3) is 5.91 Å². The van der Waals surface area contributed by atoms with Crippen molar-refractivity contribution in [1.82, 2.24) is 9.97 Å². The Bertz CT molecular complexity index is 670. The van der Waals surface area contributed by atoms with E-state index in [1.165, 1.54) is 6.33 Å². The minimum absolute atomic E-state index is 0.191. The molecule has 3 rings (SSSR count). The lowest BCUT2D eigenvalue weighted by Gasteiger charge is -2.17.